The maximum atomic E-state index is 5.83. The zero-order valence-corrected chi connectivity index (χ0v) is 10.8. The van der Waals surface area contributed by atoms with Gasteiger partial charge in [0.15, 0.2) is 0 Å². The van der Waals surface area contributed by atoms with Gasteiger partial charge in [-0.2, -0.15) is 0 Å². The van der Waals surface area contributed by atoms with Gasteiger partial charge in [-0.1, -0.05) is 6.92 Å². The van der Waals surface area contributed by atoms with Crippen molar-refractivity contribution in [1.29, 1.82) is 0 Å². The van der Waals surface area contributed by atoms with E-state index in [1.807, 2.05) is 18.3 Å². The number of benzene rings is 1. The molecule has 0 amide bonds. The van der Waals surface area contributed by atoms with Crippen LogP contribution < -0.4 is 10.6 Å². The van der Waals surface area contributed by atoms with Crippen molar-refractivity contribution < 1.29 is 0 Å². The molecule has 3 heteroatoms. The number of pyridine rings is 1. The lowest BCUT2D eigenvalue weighted by molar-refractivity contribution is 0.765. The summed E-state index contributed by atoms with van der Waals surface area (Å²) in [5.41, 5.74) is 8.91. The number of nitrogens with two attached hydrogens (primary N) is 1. The minimum atomic E-state index is 0.730. The second-order valence-corrected chi connectivity index (χ2v) is 5.03. The van der Waals surface area contributed by atoms with Crippen LogP contribution in [0.3, 0.4) is 0 Å². The molecular formula is C15H19N3. The largest absolute Gasteiger partial charge is 0.399 e. The molecule has 1 fully saturated rings. The van der Waals surface area contributed by atoms with Gasteiger partial charge in [-0.15, -0.1) is 0 Å². The molecule has 0 radical (unpaired) electrons. The van der Waals surface area contributed by atoms with E-state index in [-0.39, 0.29) is 0 Å². The van der Waals surface area contributed by atoms with Crippen LogP contribution in [0.4, 0.5) is 11.4 Å². The molecule has 1 heterocycles. The number of hydrogen-bond donors (Lipinski definition) is 1. The van der Waals surface area contributed by atoms with Crippen molar-refractivity contribution in [2.24, 2.45) is 0 Å². The quantitative estimate of drug-likeness (QED) is 0.836. The number of hydrogen-bond acceptors (Lipinski definition) is 3. The van der Waals surface area contributed by atoms with Crippen LogP contribution in [0, 0.1) is 0 Å². The van der Waals surface area contributed by atoms with E-state index < -0.39 is 0 Å². The Labute approximate surface area is 108 Å². The monoisotopic (exact) mass is 241 g/mol. The Morgan fingerprint density at radius 2 is 2.17 bits per heavy atom. The summed E-state index contributed by atoms with van der Waals surface area (Å²) < 4.78 is 0. The lowest BCUT2D eigenvalue weighted by Crippen LogP contribution is -2.26. The highest BCUT2D eigenvalue weighted by Crippen LogP contribution is 2.35. The second-order valence-electron chi connectivity index (χ2n) is 5.03. The Balaban J connectivity index is 2.09. The minimum absolute atomic E-state index is 0.730. The number of rotatable bonds is 4. The first-order valence-electron chi connectivity index (χ1n) is 6.70. The molecule has 0 aliphatic heterocycles. The van der Waals surface area contributed by atoms with Crippen LogP contribution in [0.15, 0.2) is 30.5 Å². The van der Waals surface area contributed by atoms with Gasteiger partial charge in [-0.25, -0.2) is 0 Å². The molecule has 1 aliphatic rings. The van der Waals surface area contributed by atoms with Crippen LogP contribution in [0.2, 0.25) is 0 Å². The Morgan fingerprint density at radius 1 is 1.33 bits per heavy atom. The standard InChI is InChI=1S/C15H19N3/c1-2-9-18(12-4-5-12)15-7-8-17-14-10-11(16)3-6-13(14)15/h3,6-8,10,12H,2,4-5,9,16H2,1H3. The average Bonchev–Trinajstić information content (AvgIpc) is 3.19. The van der Waals surface area contributed by atoms with Gasteiger partial charge < -0.3 is 10.6 Å². The number of aromatic nitrogens is 1. The van der Waals surface area contributed by atoms with Crippen LogP contribution >= 0.6 is 0 Å². The van der Waals surface area contributed by atoms with Crippen molar-refractivity contribution in [3.63, 3.8) is 0 Å². The third-order valence-electron chi connectivity index (χ3n) is 3.51. The predicted molar refractivity (Wildman–Crippen MR) is 76.8 cm³/mol. The van der Waals surface area contributed by atoms with Crippen LogP contribution in [-0.4, -0.2) is 17.6 Å². The zero-order chi connectivity index (χ0) is 12.5. The molecule has 3 rings (SSSR count). The van der Waals surface area contributed by atoms with Crippen LogP contribution in [0.5, 0.6) is 0 Å². The van der Waals surface area contributed by atoms with Crippen molar-refractivity contribution in [1.82, 2.24) is 4.98 Å². The van der Waals surface area contributed by atoms with Gasteiger partial charge in [-0.3, -0.25) is 4.98 Å². The van der Waals surface area contributed by atoms with Gasteiger partial charge in [0, 0.05) is 35.5 Å². The molecular weight excluding hydrogens is 222 g/mol. The molecule has 0 bridgehead atoms. The van der Waals surface area contributed by atoms with Gasteiger partial charge in [-0.05, 0) is 43.5 Å². The van der Waals surface area contributed by atoms with E-state index in [9.17, 15) is 0 Å². The summed E-state index contributed by atoms with van der Waals surface area (Å²) in [6.45, 7) is 3.35. The smallest absolute Gasteiger partial charge is 0.0743 e. The van der Waals surface area contributed by atoms with E-state index in [1.165, 1.54) is 30.3 Å². The molecule has 2 N–H and O–H groups in total. The van der Waals surface area contributed by atoms with E-state index in [1.54, 1.807) is 0 Å². The molecule has 1 aromatic carbocycles. The summed E-state index contributed by atoms with van der Waals surface area (Å²) in [5, 5.41) is 1.21. The van der Waals surface area contributed by atoms with E-state index in [2.05, 4.69) is 28.9 Å². The fourth-order valence-corrected chi connectivity index (χ4v) is 2.53. The predicted octanol–water partition coefficient (Wildman–Crippen LogP) is 3.20. The normalized spacial score (nSPS) is 14.9. The SMILES string of the molecule is CCCN(c1ccnc2cc(N)ccc12)C1CC1. The van der Waals surface area contributed by atoms with Crippen molar-refractivity contribution >= 4 is 22.3 Å². The summed E-state index contributed by atoms with van der Waals surface area (Å²) >= 11 is 0. The van der Waals surface area contributed by atoms with Crippen molar-refractivity contribution in [3.05, 3.63) is 30.5 Å². The van der Waals surface area contributed by atoms with E-state index in [0.29, 0.717) is 0 Å². The fourth-order valence-electron chi connectivity index (χ4n) is 2.53. The summed E-state index contributed by atoms with van der Waals surface area (Å²) in [6, 6.07) is 8.87. The molecule has 2 aromatic rings. The number of nitrogens with zero attached hydrogens (tertiary/aromatic N) is 2. The maximum absolute atomic E-state index is 5.83. The zero-order valence-electron chi connectivity index (χ0n) is 10.8. The Morgan fingerprint density at radius 3 is 2.89 bits per heavy atom. The molecule has 0 spiro atoms. The summed E-state index contributed by atoms with van der Waals surface area (Å²) in [7, 11) is 0. The maximum Gasteiger partial charge on any atom is 0.0743 e. The average molecular weight is 241 g/mol. The van der Waals surface area contributed by atoms with Gasteiger partial charge >= 0.3 is 0 Å². The molecule has 94 valence electrons. The second kappa shape index (κ2) is 4.48. The highest BCUT2D eigenvalue weighted by molar-refractivity contribution is 5.93. The number of anilines is 2. The Bertz CT molecular complexity index is 561. The number of nitrogen functional groups attached to an aromatic ring is 1. The fraction of sp³-hybridized carbons (Fsp3) is 0.400. The van der Waals surface area contributed by atoms with Gasteiger partial charge in [0.25, 0.3) is 0 Å². The summed E-state index contributed by atoms with van der Waals surface area (Å²) in [4.78, 5) is 6.95. The van der Waals surface area contributed by atoms with Gasteiger partial charge in [0.05, 0.1) is 5.52 Å². The Kier molecular flexibility index (Phi) is 2.82. The molecule has 1 aliphatic carbocycles. The lowest BCUT2D eigenvalue weighted by Gasteiger charge is -2.25. The lowest BCUT2D eigenvalue weighted by atomic mass is 10.1. The summed E-state index contributed by atoms with van der Waals surface area (Å²) in [6.07, 6.45) is 5.70. The van der Waals surface area contributed by atoms with Crippen molar-refractivity contribution in [2.75, 3.05) is 17.2 Å². The minimum Gasteiger partial charge on any atom is -0.399 e. The first-order chi connectivity index (χ1) is 8.79. The third-order valence-corrected chi connectivity index (χ3v) is 3.51. The third kappa shape index (κ3) is 2.01. The van der Waals surface area contributed by atoms with Crippen molar-refractivity contribution in [3.8, 4) is 0 Å². The van der Waals surface area contributed by atoms with Crippen LogP contribution in [0.25, 0.3) is 10.9 Å². The molecule has 1 saturated carbocycles. The highest BCUT2D eigenvalue weighted by Gasteiger charge is 2.29. The molecule has 0 atom stereocenters. The molecule has 0 unspecified atom stereocenters. The van der Waals surface area contributed by atoms with Crippen molar-refractivity contribution in [2.45, 2.75) is 32.2 Å². The van der Waals surface area contributed by atoms with Crippen LogP contribution in [0.1, 0.15) is 26.2 Å². The first-order valence-corrected chi connectivity index (χ1v) is 6.70. The summed E-state index contributed by atoms with van der Waals surface area (Å²) in [5.74, 6) is 0. The van der Waals surface area contributed by atoms with Crippen LogP contribution in [-0.2, 0) is 0 Å². The van der Waals surface area contributed by atoms with E-state index >= 15 is 0 Å². The Hall–Kier alpha value is -1.77. The van der Waals surface area contributed by atoms with E-state index in [4.69, 9.17) is 5.73 Å². The van der Waals surface area contributed by atoms with Gasteiger partial charge in [0.1, 0.15) is 0 Å². The highest BCUT2D eigenvalue weighted by atomic mass is 15.2. The topological polar surface area (TPSA) is 42.2 Å². The molecule has 18 heavy (non-hydrogen) atoms. The van der Waals surface area contributed by atoms with E-state index in [0.717, 1.165) is 23.8 Å². The molecule has 0 saturated heterocycles. The first kappa shape index (κ1) is 11.3. The molecule has 1 aromatic heterocycles. The van der Waals surface area contributed by atoms with Gasteiger partial charge in [0.2, 0.25) is 0 Å². The molecule has 3 nitrogen and oxygen atoms in total. The number of fused-ring (bicyclic) bond motifs is 1.